The van der Waals surface area contributed by atoms with Gasteiger partial charge in [0.1, 0.15) is 17.2 Å². The second-order valence-electron chi connectivity index (χ2n) is 3.78. The smallest absolute Gasteiger partial charge is 0.155 e. The van der Waals surface area contributed by atoms with Gasteiger partial charge in [-0.1, -0.05) is 23.7 Å². The molecule has 0 amide bonds. The number of hydrogen-bond acceptors (Lipinski definition) is 3. The SMILES string of the molecule is CCOc1cccc(Oc2cccc(Cl)c2C=O)c1. The number of halogens is 1. The molecule has 2 rings (SSSR count). The molecule has 0 atom stereocenters. The zero-order valence-electron chi connectivity index (χ0n) is 10.4. The summed E-state index contributed by atoms with van der Waals surface area (Å²) in [7, 11) is 0. The second-order valence-corrected chi connectivity index (χ2v) is 4.19. The van der Waals surface area contributed by atoms with Crippen LogP contribution in [0.15, 0.2) is 42.5 Å². The Labute approximate surface area is 116 Å². The van der Waals surface area contributed by atoms with Gasteiger partial charge in [0.2, 0.25) is 0 Å². The maximum Gasteiger partial charge on any atom is 0.155 e. The highest BCUT2D eigenvalue weighted by atomic mass is 35.5. The van der Waals surface area contributed by atoms with E-state index in [4.69, 9.17) is 21.1 Å². The Kier molecular flexibility index (Phi) is 4.42. The van der Waals surface area contributed by atoms with E-state index in [1.54, 1.807) is 30.3 Å². The van der Waals surface area contributed by atoms with Crippen LogP contribution < -0.4 is 9.47 Å². The van der Waals surface area contributed by atoms with Crippen molar-refractivity contribution in [2.75, 3.05) is 6.61 Å². The highest BCUT2D eigenvalue weighted by molar-refractivity contribution is 6.33. The third-order valence-electron chi connectivity index (χ3n) is 2.48. The second kappa shape index (κ2) is 6.25. The van der Waals surface area contributed by atoms with Crippen LogP contribution in [0.2, 0.25) is 5.02 Å². The highest BCUT2D eigenvalue weighted by Crippen LogP contribution is 2.30. The highest BCUT2D eigenvalue weighted by Gasteiger charge is 2.08. The monoisotopic (exact) mass is 276 g/mol. The van der Waals surface area contributed by atoms with E-state index in [0.29, 0.717) is 35.0 Å². The van der Waals surface area contributed by atoms with Crippen molar-refractivity contribution in [2.45, 2.75) is 6.92 Å². The molecular formula is C15H13ClO3. The van der Waals surface area contributed by atoms with Crippen LogP contribution in [0.3, 0.4) is 0 Å². The van der Waals surface area contributed by atoms with Crippen molar-refractivity contribution < 1.29 is 14.3 Å². The molecule has 4 heteroatoms. The number of aldehydes is 1. The van der Waals surface area contributed by atoms with Gasteiger partial charge in [-0.05, 0) is 31.2 Å². The fourth-order valence-corrected chi connectivity index (χ4v) is 1.85. The molecule has 0 aliphatic rings. The minimum Gasteiger partial charge on any atom is -0.494 e. The molecule has 0 bridgehead atoms. The van der Waals surface area contributed by atoms with E-state index in [0.717, 1.165) is 5.75 Å². The van der Waals surface area contributed by atoms with Gasteiger partial charge in [0, 0.05) is 6.07 Å². The van der Waals surface area contributed by atoms with Gasteiger partial charge in [-0.25, -0.2) is 0 Å². The van der Waals surface area contributed by atoms with E-state index >= 15 is 0 Å². The van der Waals surface area contributed by atoms with Gasteiger partial charge in [0.25, 0.3) is 0 Å². The molecule has 98 valence electrons. The summed E-state index contributed by atoms with van der Waals surface area (Å²) in [4.78, 5) is 11.0. The zero-order chi connectivity index (χ0) is 13.7. The minimum absolute atomic E-state index is 0.339. The van der Waals surface area contributed by atoms with Crippen LogP contribution in [0.4, 0.5) is 0 Å². The molecule has 0 fully saturated rings. The average Bonchev–Trinajstić information content (AvgIpc) is 2.40. The molecule has 0 unspecified atom stereocenters. The topological polar surface area (TPSA) is 35.5 Å². The quantitative estimate of drug-likeness (QED) is 0.762. The Bertz CT molecular complexity index is 581. The Morgan fingerprint density at radius 1 is 1.16 bits per heavy atom. The lowest BCUT2D eigenvalue weighted by Gasteiger charge is -2.10. The predicted molar refractivity (Wildman–Crippen MR) is 74.5 cm³/mol. The van der Waals surface area contributed by atoms with Crippen molar-refractivity contribution in [1.29, 1.82) is 0 Å². The molecular weight excluding hydrogens is 264 g/mol. The van der Waals surface area contributed by atoms with Gasteiger partial charge in [-0.15, -0.1) is 0 Å². The predicted octanol–water partition coefficient (Wildman–Crippen LogP) is 4.34. The molecule has 0 spiro atoms. The number of carbonyl (C=O) groups excluding carboxylic acids is 1. The third kappa shape index (κ3) is 3.26. The average molecular weight is 277 g/mol. The summed E-state index contributed by atoms with van der Waals surface area (Å²) in [6, 6.07) is 12.3. The first-order chi connectivity index (χ1) is 9.24. The minimum atomic E-state index is 0.339. The molecule has 0 N–H and O–H groups in total. The molecule has 0 aliphatic carbocycles. The first-order valence-corrected chi connectivity index (χ1v) is 6.26. The van der Waals surface area contributed by atoms with E-state index < -0.39 is 0 Å². The Morgan fingerprint density at radius 3 is 2.63 bits per heavy atom. The summed E-state index contributed by atoms with van der Waals surface area (Å²) in [5.74, 6) is 1.74. The van der Waals surface area contributed by atoms with Gasteiger partial charge >= 0.3 is 0 Å². The van der Waals surface area contributed by atoms with Crippen molar-refractivity contribution in [3.05, 3.63) is 53.1 Å². The van der Waals surface area contributed by atoms with Crippen molar-refractivity contribution in [1.82, 2.24) is 0 Å². The van der Waals surface area contributed by atoms with Gasteiger partial charge < -0.3 is 9.47 Å². The first-order valence-electron chi connectivity index (χ1n) is 5.89. The summed E-state index contributed by atoms with van der Waals surface area (Å²) in [6.07, 6.45) is 0.685. The molecule has 19 heavy (non-hydrogen) atoms. The van der Waals surface area contributed by atoms with Crippen molar-refractivity contribution >= 4 is 17.9 Å². The van der Waals surface area contributed by atoms with E-state index in [1.165, 1.54) is 0 Å². The number of hydrogen-bond donors (Lipinski definition) is 0. The fraction of sp³-hybridized carbons (Fsp3) is 0.133. The summed E-state index contributed by atoms with van der Waals surface area (Å²) in [6.45, 7) is 2.50. The van der Waals surface area contributed by atoms with Crippen molar-refractivity contribution in [3.63, 3.8) is 0 Å². The number of carbonyl (C=O) groups is 1. The largest absolute Gasteiger partial charge is 0.494 e. The van der Waals surface area contributed by atoms with Gasteiger partial charge in [-0.2, -0.15) is 0 Å². The lowest BCUT2D eigenvalue weighted by molar-refractivity contribution is 0.112. The summed E-state index contributed by atoms with van der Waals surface area (Å²) >= 11 is 5.94. The molecule has 0 heterocycles. The molecule has 2 aromatic rings. The fourth-order valence-electron chi connectivity index (χ4n) is 1.64. The van der Waals surface area contributed by atoms with Crippen molar-refractivity contribution in [3.8, 4) is 17.2 Å². The molecule has 0 aliphatic heterocycles. The third-order valence-corrected chi connectivity index (χ3v) is 2.80. The normalized spacial score (nSPS) is 10.0. The van der Waals surface area contributed by atoms with Crippen LogP contribution in [0.1, 0.15) is 17.3 Å². The molecule has 2 aromatic carbocycles. The Balaban J connectivity index is 2.28. The Morgan fingerprint density at radius 2 is 1.89 bits per heavy atom. The molecule has 0 aromatic heterocycles. The van der Waals surface area contributed by atoms with Gasteiger partial charge in [0.15, 0.2) is 6.29 Å². The van der Waals surface area contributed by atoms with E-state index in [9.17, 15) is 4.79 Å². The molecule has 0 saturated carbocycles. The van der Waals surface area contributed by atoms with E-state index in [-0.39, 0.29) is 0 Å². The maximum absolute atomic E-state index is 11.0. The number of ether oxygens (including phenoxy) is 2. The molecule has 0 saturated heterocycles. The van der Waals surface area contributed by atoms with Crippen LogP contribution in [-0.4, -0.2) is 12.9 Å². The lowest BCUT2D eigenvalue weighted by Crippen LogP contribution is -1.93. The Hall–Kier alpha value is -2.00. The van der Waals surface area contributed by atoms with Crippen LogP contribution in [0, 0.1) is 0 Å². The van der Waals surface area contributed by atoms with Gasteiger partial charge in [0.05, 0.1) is 17.2 Å². The standard InChI is InChI=1S/C15H13ClO3/c1-2-18-11-5-3-6-12(9-11)19-15-8-4-7-14(16)13(15)10-17/h3-10H,2H2,1H3. The number of rotatable bonds is 5. The first kappa shape index (κ1) is 13.4. The maximum atomic E-state index is 11.0. The van der Waals surface area contributed by atoms with Crippen LogP contribution >= 0.6 is 11.6 Å². The lowest BCUT2D eigenvalue weighted by atomic mass is 10.2. The number of benzene rings is 2. The van der Waals surface area contributed by atoms with Crippen LogP contribution in [-0.2, 0) is 0 Å². The zero-order valence-corrected chi connectivity index (χ0v) is 11.2. The van der Waals surface area contributed by atoms with E-state index in [1.807, 2.05) is 19.1 Å². The van der Waals surface area contributed by atoms with Crippen molar-refractivity contribution in [2.24, 2.45) is 0 Å². The summed E-state index contributed by atoms with van der Waals surface area (Å²) in [5, 5.41) is 0.369. The van der Waals surface area contributed by atoms with Crippen LogP contribution in [0.25, 0.3) is 0 Å². The molecule has 0 radical (unpaired) electrons. The molecule has 3 nitrogen and oxygen atoms in total. The van der Waals surface area contributed by atoms with Gasteiger partial charge in [-0.3, -0.25) is 4.79 Å². The summed E-state index contributed by atoms with van der Waals surface area (Å²) < 4.78 is 11.1. The van der Waals surface area contributed by atoms with E-state index in [2.05, 4.69) is 0 Å². The van der Waals surface area contributed by atoms with Crippen LogP contribution in [0.5, 0.6) is 17.2 Å². The summed E-state index contributed by atoms with van der Waals surface area (Å²) in [5.41, 5.74) is 0.339.